The first-order valence-electron chi connectivity index (χ1n) is 7.78. The van der Waals surface area contributed by atoms with E-state index in [2.05, 4.69) is 4.98 Å². The lowest BCUT2D eigenvalue weighted by atomic mass is 10.0. The third-order valence-corrected chi connectivity index (χ3v) is 4.48. The van der Waals surface area contributed by atoms with Gasteiger partial charge in [-0.3, -0.25) is 9.78 Å². The summed E-state index contributed by atoms with van der Waals surface area (Å²) in [6, 6.07) is 9.04. The third kappa shape index (κ3) is 3.17. The van der Waals surface area contributed by atoms with Crippen molar-refractivity contribution in [2.45, 2.75) is 18.9 Å². The van der Waals surface area contributed by atoms with Gasteiger partial charge in [0, 0.05) is 17.8 Å². The van der Waals surface area contributed by atoms with Crippen LogP contribution in [0.2, 0.25) is 5.02 Å². The number of carbonyl (C=O) groups excluding carboxylic acids is 1. The highest BCUT2D eigenvalue weighted by Crippen LogP contribution is 2.37. The van der Waals surface area contributed by atoms with Gasteiger partial charge in [-0.2, -0.15) is 0 Å². The van der Waals surface area contributed by atoms with Crippen molar-refractivity contribution in [3.05, 3.63) is 52.8 Å². The fourth-order valence-electron chi connectivity index (χ4n) is 3.09. The zero-order chi connectivity index (χ0) is 17.1. The highest BCUT2D eigenvalue weighted by molar-refractivity contribution is 6.30. The first kappa shape index (κ1) is 16.6. The fourth-order valence-corrected chi connectivity index (χ4v) is 3.24. The number of rotatable bonds is 4. The van der Waals surface area contributed by atoms with Crippen molar-refractivity contribution in [2.75, 3.05) is 20.8 Å². The quantitative estimate of drug-likeness (QED) is 0.846. The van der Waals surface area contributed by atoms with E-state index in [1.807, 2.05) is 23.1 Å². The summed E-state index contributed by atoms with van der Waals surface area (Å²) >= 11 is 5.98. The Bertz CT molecular complexity index is 751. The Hall–Kier alpha value is -2.27. The Morgan fingerprint density at radius 2 is 2.00 bits per heavy atom. The van der Waals surface area contributed by atoms with Crippen LogP contribution in [0.25, 0.3) is 0 Å². The predicted molar refractivity (Wildman–Crippen MR) is 91.8 cm³/mol. The molecule has 3 rings (SSSR count). The van der Waals surface area contributed by atoms with Crippen LogP contribution in [0, 0.1) is 0 Å². The van der Waals surface area contributed by atoms with Crippen LogP contribution in [0.15, 0.2) is 36.5 Å². The van der Waals surface area contributed by atoms with Gasteiger partial charge >= 0.3 is 0 Å². The molecule has 1 aromatic carbocycles. The van der Waals surface area contributed by atoms with Gasteiger partial charge < -0.3 is 14.4 Å². The lowest BCUT2D eigenvalue weighted by Gasteiger charge is -2.25. The highest BCUT2D eigenvalue weighted by Gasteiger charge is 2.31. The van der Waals surface area contributed by atoms with Gasteiger partial charge in [-0.05, 0) is 42.7 Å². The number of carbonyl (C=O) groups is 1. The number of hydrogen-bond donors (Lipinski definition) is 0. The molecule has 0 N–H and O–H groups in total. The molecule has 0 radical (unpaired) electrons. The summed E-state index contributed by atoms with van der Waals surface area (Å²) in [6.45, 7) is 0.700. The number of halogens is 1. The average molecular weight is 347 g/mol. The molecule has 2 heterocycles. The second-order valence-electron chi connectivity index (χ2n) is 5.63. The van der Waals surface area contributed by atoms with Crippen molar-refractivity contribution in [1.82, 2.24) is 9.88 Å². The number of nitrogens with zero attached hydrogens (tertiary/aromatic N) is 2. The number of pyridine rings is 1. The summed E-state index contributed by atoms with van der Waals surface area (Å²) in [6.07, 6.45) is 3.41. The van der Waals surface area contributed by atoms with Crippen molar-refractivity contribution in [2.24, 2.45) is 0 Å². The van der Waals surface area contributed by atoms with Crippen LogP contribution in [0.5, 0.6) is 11.5 Å². The molecule has 0 bridgehead atoms. The highest BCUT2D eigenvalue weighted by atomic mass is 35.5. The van der Waals surface area contributed by atoms with E-state index in [0.29, 0.717) is 28.8 Å². The van der Waals surface area contributed by atoms with Crippen LogP contribution < -0.4 is 9.47 Å². The molecule has 0 saturated carbocycles. The summed E-state index contributed by atoms with van der Waals surface area (Å²) in [5.74, 6) is 1.23. The molecular weight excluding hydrogens is 328 g/mol. The van der Waals surface area contributed by atoms with Gasteiger partial charge in [0.2, 0.25) is 0 Å². The average Bonchev–Trinajstić information content (AvgIpc) is 3.10. The number of aromatic nitrogens is 1. The summed E-state index contributed by atoms with van der Waals surface area (Å²) < 4.78 is 10.7. The molecule has 24 heavy (non-hydrogen) atoms. The van der Waals surface area contributed by atoms with Crippen LogP contribution in [0.1, 0.15) is 34.9 Å². The van der Waals surface area contributed by atoms with E-state index >= 15 is 0 Å². The van der Waals surface area contributed by atoms with E-state index < -0.39 is 0 Å². The van der Waals surface area contributed by atoms with Crippen LogP contribution in [-0.4, -0.2) is 36.6 Å². The molecule has 0 aliphatic carbocycles. The molecule has 1 aliphatic rings. The zero-order valence-electron chi connectivity index (χ0n) is 13.7. The van der Waals surface area contributed by atoms with Crippen molar-refractivity contribution >= 4 is 17.5 Å². The van der Waals surface area contributed by atoms with E-state index in [1.165, 1.54) is 0 Å². The molecule has 2 aromatic rings. The van der Waals surface area contributed by atoms with Crippen LogP contribution in [-0.2, 0) is 0 Å². The standard InChI is InChI=1S/C18H19ClN2O3/c1-23-16-6-5-12(10-17(16)24-2)15-4-3-9-21(15)18(22)14-11-13(19)7-8-20-14/h5-8,10-11,15H,3-4,9H2,1-2H3. The van der Waals surface area contributed by atoms with Crippen molar-refractivity contribution in [1.29, 1.82) is 0 Å². The number of amides is 1. The summed E-state index contributed by atoms with van der Waals surface area (Å²) in [7, 11) is 3.21. The minimum absolute atomic E-state index is 0.00177. The normalized spacial score (nSPS) is 17.0. The molecule has 0 spiro atoms. The molecule has 6 heteroatoms. The summed E-state index contributed by atoms with van der Waals surface area (Å²) in [5.41, 5.74) is 1.40. The fraction of sp³-hybridized carbons (Fsp3) is 0.333. The number of hydrogen-bond acceptors (Lipinski definition) is 4. The topological polar surface area (TPSA) is 51.7 Å². The molecule has 126 valence electrons. The molecule has 1 saturated heterocycles. The number of likely N-dealkylation sites (tertiary alicyclic amines) is 1. The van der Waals surface area contributed by atoms with Gasteiger partial charge in [-0.1, -0.05) is 17.7 Å². The Kier molecular flexibility index (Phi) is 4.90. The Morgan fingerprint density at radius 1 is 1.21 bits per heavy atom. The zero-order valence-corrected chi connectivity index (χ0v) is 14.4. The molecule has 1 fully saturated rings. The van der Waals surface area contributed by atoms with Gasteiger partial charge in [0.25, 0.3) is 5.91 Å². The van der Waals surface area contributed by atoms with Crippen molar-refractivity contribution < 1.29 is 14.3 Å². The second kappa shape index (κ2) is 7.09. The largest absolute Gasteiger partial charge is 0.493 e. The lowest BCUT2D eigenvalue weighted by molar-refractivity contribution is 0.0729. The van der Waals surface area contributed by atoms with E-state index in [9.17, 15) is 4.79 Å². The van der Waals surface area contributed by atoms with Gasteiger partial charge in [-0.15, -0.1) is 0 Å². The maximum absolute atomic E-state index is 12.8. The van der Waals surface area contributed by atoms with Crippen LogP contribution in [0.3, 0.4) is 0 Å². The van der Waals surface area contributed by atoms with Gasteiger partial charge in [0.1, 0.15) is 5.69 Å². The molecular formula is C18H19ClN2O3. The minimum atomic E-state index is -0.102. The maximum atomic E-state index is 12.8. The van der Waals surface area contributed by atoms with E-state index in [-0.39, 0.29) is 11.9 Å². The number of methoxy groups -OCH3 is 2. The summed E-state index contributed by atoms with van der Waals surface area (Å²) in [4.78, 5) is 18.8. The van der Waals surface area contributed by atoms with Crippen LogP contribution in [0.4, 0.5) is 0 Å². The summed E-state index contributed by atoms with van der Waals surface area (Å²) in [5, 5.41) is 0.509. The molecule has 5 nitrogen and oxygen atoms in total. The van der Waals surface area contributed by atoms with Crippen molar-refractivity contribution in [3.8, 4) is 11.5 Å². The third-order valence-electron chi connectivity index (χ3n) is 4.25. The van der Waals surface area contributed by atoms with E-state index in [0.717, 1.165) is 18.4 Å². The minimum Gasteiger partial charge on any atom is -0.493 e. The van der Waals surface area contributed by atoms with Gasteiger partial charge in [0.15, 0.2) is 11.5 Å². The molecule has 1 aromatic heterocycles. The number of benzene rings is 1. The van der Waals surface area contributed by atoms with Crippen molar-refractivity contribution in [3.63, 3.8) is 0 Å². The Balaban J connectivity index is 1.89. The molecule has 1 atom stereocenters. The first-order valence-corrected chi connectivity index (χ1v) is 8.16. The molecule has 1 unspecified atom stereocenters. The smallest absolute Gasteiger partial charge is 0.273 e. The van der Waals surface area contributed by atoms with E-state index in [1.54, 1.807) is 32.5 Å². The second-order valence-corrected chi connectivity index (χ2v) is 6.07. The predicted octanol–water partition coefficient (Wildman–Crippen LogP) is 3.73. The first-order chi connectivity index (χ1) is 11.6. The van der Waals surface area contributed by atoms with E-state index in [4.69, 9.17) is 21.1 Å². The lowest BCUT2D eigenvalue weighted by Crippen LogP contribution is -2.31. The number of ether oxygens (including phenoxy) is 2. The molecule has 1 aliphatic heterocycles. The van der Waals surface area contributed by atoms with Crippen LogP contribution >= 0.6 is 11.6 Å². The van der Waals surface area contributed by atoms with Gasteiger partial charge in [0.05, 0.1) is 20.3 Å². The Labute approximate surface area is 146 Å². The monoisotopic (exact) mass is 346 g/mol. The van der Waals surface area contributed by atoms with Gasteiger partial charge in [-0.25, -0.2) is 0 Å². The SMILES string of the molecule is COc1ccc(C2CCCN2C(=O)c2cc(Cl)ccn2)cc1OC. The Morgan fingerprint density at radius 3 is 2.71 bits per heavy atom. The molecule has 1 amide bonds. The maximum Gasteiger partial charge on any atom is 0.273 e.